The number of rotatable bonds is 5. The minimum absolute atomic E-state index is 0.133. The number of hydrogen-bond donors (Lipinski definition) is 0. The summed E-state index contributed by atoms with van der Waals surface area (Å²) in [6.45, 7) is 9.81. The van der Waals surface area contributed by atoms with Crippen molar-refractivity contribution >= 4 is 11.7 Å². The molecule has 0 bridgehead atoms. The van der Waals surface area contributed by atoms with Gasteiger partial charge in [0.15, 0.2) is 0 Å². The van der Waals surface area contributed by atoms with E-state index in [0.717, 1.165) is 12.0 Å². The molecule has 19 heavy (non-hydrogen) atoms. The topological polar surface area (TPSA) is 32.7 Å². The number of carbonyl (C=O) groups excluding carboxylic acids is 1. The molecular weight excluding hydrogens is 236 g/mol. The number of allylic oxidation sites excluding steroid dienone is 1. The highest BCUT2D eigenvalue weighted by molar-refractivity contribution is 6.07. The molecule has 1 aliphatic rings. The molecule has 0 aromatic carbocycles. The van der Waals surface area contributed by atoms with Crippen LogP contribution in [0, 0.1) is 11.8 Å². The normalized spacial score (nSPS) is 18.2. The van der Waals surface area contributed by atoms with Gasteiger partial charge in [0.2, 0.25) is 5.91 Å². The molecule has 0 aromatic heterocycles. The van der Waals surface area contributed by atoms with E-state index in [0.29, 0.717) is 11.8 Å². The summed E-state index contributed by atoms with van der Waals surface area (Å²) in [6, 6.07) is 0. The molecule has 1 amide bonds. The SMILES string of the molecule is C=C(C)/C(=N\C=C/C)N(C)C(=O)[C@H](CC)C1CCC1. The lowest BCUT2D eigenvalue weighted by molar-refractivity contribution is -0.133. The second-order valence-electron chi connectivity index (χ2n) is 5.32. The maximum atomic E-state index is 12.6. The second-order valence-corrected chi connectivity index (χ2v) is 5.32. The van der Waals surface area contributed by atoms with Crippen LogP contribution in [0.25, 0.3) is 0 Å². The van der Waals surface area contributed by atoms with Gasteiger partial charge in [0.05, 0.1) is 0 Å². The van der Waals surface area contributed by atoms with E-state index < -0.39 is 0 Å². The van der Waals surface area contributed by atoms with Gasteiger partial charge >= 0.3 is 0 Å². The average Bonchev–Trinajstić information content (AvgIpc) is 2.32. The fourth-order valence-electron chi connectivity index (χ4n) is 2.53. The van der Waals surface area contributed by atoms with E-state index in [1.807, 2.05) is 19.9 Å². The van der Waals surface area contributed by atoms with Crippen LogP contribution in [-0.2, 0) is 4.79 Å². The van der Waals surface area contributed by atoms with E-state index in [9.17, 15) is 4.79 Å². The van der Waals surface area contributed by atoms with Crippen LogP contribution in [0.2, 0.25) is 0 Å². The number of amides is 1. The molecule has 1 fully saturated rings. The predicted octanol–water partition coefficient (Wildman–Crippen LogP) is 3.78. The number of hydrogen-bond acceptors (Lipinski definition) is 2. The van der Waals surface area contributed by atoms with Crippen molar-refractivity contribution < 1.29 is 4.79 Å². The molecule has 1 saturated carbocycles. The zero-order chi connectivity index (χ0) is 14.4. The standard InChI is InChI=1S/C16H26N2O/c1-6-11-17-15(12(3)4)18(5)16(19)14(7-2)13-9-8-10-13/h6,11,13-14H,3,7-10H2,1-2,4-5H3/b11-6-,17-15+/t14-/m1/s1. The number of likely N-dealkylation sites (N-methyl/N-ethyl adjacent to an activating group) is 1. The number of aliphatic imine (C=N–C) groups is 1. The van der Waals surface area contributed by atoms with Crippen molar-refractivity contribution in [3.05, 3.63) is 24.4 Å². The molecule has 0 unspecified atom stereocenters. The van der Waals surface area contributed by atoms with Crippen molar-refractivity contribution in [3.63, 3.8) is 0 Å². The number of carbonyl (C=O) groups is 1. The Morgan fingerprint density at radius 1 is 1.53 bits per heavy atom. The van der Waals surface area contributed by atoms with Crippen molar-refractivity contribution in [2.75, 3.05) is 7.05 Å². The van der Waals surface area contributed by atoms with Crippen molar-refractivity contribution in [3.8, 4) is 0 Å². The van der Waals surface area contributed by atoms with Gasteiger partial charge in [-0.05, 0) is 44.6 Å². The van der Waals surface area contributed by atoms with E-state index in [-0.39, 0.29) is 11.8 Å². The Balaban J connectivity index is 2.85. The third kappa shape index (κ3) is 3.79. The molecule has 0 aliphatic heterocycles. The van der Waals surface area contributed by atoms with Gasteiger partial charge in [-0.15, -0.1) is 0 Å². The number of amidine groups is 1. The summed E-state index contributed by atoms with van der Waals surface area (Å²) in [4.78, 5) is 18.6. The van der Waals surface area contributed by atoms with Crippen molar-refractivity contribution in [2.24, 2.45) is 16.8 Å². The van der Waals surface area contributed by atoms with E-state index in [1.54, 1.807) is 18.1 Å². The van der Waals surface area contributed by atoms with Crippen LogP contribution in [-0.4, -0.2) is 23.7 Å². The largest absolute Gasteiger partial charge is 0.300 e. The Labute approximate surface area is 117 Å². The molecule has 0 aromatic rings. The summed E-state index contributed by atoms with van der Waals surface area (Å²) in [7, 11) is 1.81. The molecule has 3 heteroatoms. The van der Waals surface area contributed by atoms with Crippen molar-refractivity contribution in [1.29, 1.82) is 0 Å². The molecule has 0 saturated heterocycles. The first-order valence-electron chi connectivity index (χ1n) is 7.15. The Bertz CT molecular complexity index is 392. The Morgan fingerprint density at radius 3 is 2.53 bits per heavy atom. The summed E-state index contributed by atoms with van der Waals surface area (Å²) in [5.74, 6) is 1.54. The fraction of sp³-hybridized carbons (Fsp3) is 0.625. The zero-order valence-electron chi connectivity index (χ0n) is 12.6. The molecular formula is C16H26N2O. The van der Waals surface area contributed by atoms with Crippen molar-refractivity contribution in [1.82, 2.24) is 4.90 Å². The molecule has 3 nitrogen and oxygen atoms in total. The fourth-order valence-corrected chi connectivity index (χ4v) is 2.53. The molecule has 0 spiro atoms. The lowest BCUT2D eigenvalue weighted by Crippen LogP contribution is -2.42. The first kappa shape index (κ1) is 15.7. The van der Waals surface area contributed by atoms with Gasteiger partial charge in [0.25, 0.3) is 0 Å². The maximum absolute atomic E-state index is 12.6. The smallest absolute Gasteiger partial charge is 0.231 e. The third-order valence-electron chi connectivity index (χ3n) is 3.85. The summed E-state index contributed by atoms with van der Waals surface area (Å²) < 4.78 is 0. The summed E-state index contributed by atoms with van der Waals surface area (Å²) in [5, 5.41) is 0. The van der Waals surface area contributed by atoms with Crippen LogP contribution in [0.5, 0.6) is 0 Å². The Kier molecular flexibility index (Phi) is 6.00. The molecule has 0 radical (unpaired) electrons. The van der Waals surface area contributed by atoms with Gasteiger partial charge in [-0.25, -0.2) is 4.99 Å². The van der Waals surface area contributed by atoms with E-state index in [1.165, 1.54) is 19.3 Å². The summed E-state index contributed by atoms with van der Waals surface area (Å²) in [5.41, 5.74) is 0.817. The van der Waals surface area contributed by atoms with Crippen molar-refractivity contribution in [2.45, 2.75) is 46.5 Å². The van der Waals surface area contributed by atoms with Gasteiger partial charge in [-0.2, -0.15) is 0 Å². The van der Waals surface area contributed by atoms with Crippen LogP contribution < -0.4 is 0 Å². The lowest BCUT2D eigenvalue weighted by Gasteiger charge is -2.34. The average molecular weight is 262 g/mol. The molecule has 0 N–H and O–H groups in total. The van der Waals surface area contributed by atoms with Crippen LogP contribution >= 0.6 is 0 Å². The molecule has 1 aliphatic carbocycles. The predicted molar refractivity (Wildman–Crippen MR) is 81.0 cm³/mol. The van der Waals surface area contributed by atoms with Gasteiger partial charge in [-0.1, -0.05) is 26.0 Å². The van der Waals surface area contributed by atoms with Crippen LogP contribution in [0.3, 0.4) is 0 Å². The van der Waals surface area contributed by atoms with Gasteiger partial charge < -0.3 is 0 Å². The lowest BCUT2D eigenvalue weighted by atomic mass is 9.74. The second kappa shape index (κ2) is 7.27. The Morgan fingerprint density at radius 2 is 2.16 bits per heavy atom. The van der Waals surface area contributed by atoms with Crippen LogP contribution in [0.1, 0.15) is 46.5 Å². The highest BCUT2D eigenvalue weighted by Gasteiger charge is 2.33. The molecule has 1 atom stereocenters. The first-order chi connectivity index (χ1) is 9.02. The van der Waals surface area contributed by atoms with Crippen LogP contribution in [0.15, 0.2) is 29.4 Å². The Hall–Kier alpha value is -1.38. The van der Waals surface area contributed by atoms with Gasteiger partial charge in [0.1, 0.15) is 5.84 Å². The summed E-state index contributed by atoms with van der Waals surface area (Å²) >= 11 is 0. The monoisotopic (exact) mass is 262 g/mol. The highest BCUT2D eigenvalue weighted by Crippen LogP contribution is 2.36. The highest BCUT2D eigenvalue weighted by atomic mass is 16.2. The number of nitrogens with zero attached hydrogens (tertiary/aromatic N) is 2. The first-order valence-corrected chi connectivity index (χ1v) is 7.15. The third-order valence-corrected chi connectivity index (χ3v) is 3.85. The minimum Gasteiger partial charge on any atom is -0.300 e. The molecule has 0 heterocycles. The van der Waals surface area contributed by atoms with E-state index in [2.05, 4.69) is 18.5 Å². The molecule has 1 rings (SSSR count). The maximum Gasteiger partial charge on any atom is 0.231 e. The zero-order valence-corrected chi connectivity index (χ0v) is 12.6. The minimum atomic E-state index is 0.133. The van der Waals surface area contributed by atoms with E-state index in [4.69, 9.17) is 0 Å². The summed E-state index contributed by atoms with van der Waals surface area (Å²) in [6.07, 6.45) is 8.10. The quantitative estimate of drug-likeness (QED) is 0.548. The van der Waals surface area contributed by atoms with E-state index >= 15 is 0 Å². The molecule has 106 valence electrons. The van der Waals surface area contributed by atoms with Crippen LogP contribution in [0.4, 0.5) is 0 Å². The van der Waals surface area contributed by atoms with Gasteiger partial charge in [-0.3, -0.25) is 9.69 Å². The van der Waals surface area contributed by atoms with Gasteiger partial charge in [0, 0.05) is 19.2 Å².